The highest BCUT2D eigenvalue weighted by Gasteiger charge is 2.15. The minimum atomic E-state index is -0.945. The highest BCUT2D eigenvalue weighted by atomic mass is 16.5. The molecule has 1 unspecified atom stereocenters. The Balaban J connectivity index is 2.01. The molecular weight excluding hydrogens is 248 g/mol. The van der Waals surface area contributed by atoms with Gasteiger partial charge >= 0.3 is 5.97 Å². The highest BCUT2D eigenvalue weighted by Crippen LogP contribution is 2.17. The molecule has 1 aromatic carbocycles. The van der Waals surface area contributed by atoms with Crippen LogP contribution in [0.5, 0.6) is 0 Å². The van der Waals surface area contributed by atoms with Crippen LogP contribution in [-0.4, -0.2) is 28.2 Å². The van der Waals surface area contributed by atoms with Gasteiger partial charge in [0.25, 0.3) is 0 Å². The Kier molecular flexibility index (Phi) is 3.79. The predicted molar refractivity (Wildman–Crippen MR) is 67.6 cm³/mol. The fraction of sp³-hybridized carbons (Fsp3) is 0.308. The van der Waals surface area contributed by atoms with Crippen LogP contribution in [0.2, 0.25) is 0 Å². The van der Waals surface area contributed by atoms with E-state index in [0.717, 1.165) is 5.39 Å². The smallest absolute Gasteiger partial charge is 0.305 e. The molecule has 0 saturated carbocycles. The van der Waals surface area contributed by atoms with E-state index in [0.29, 0.717) is 11.3 Å². The molecule has 2 N–H and O–H groups in total. The number of carbonyl (C=O) groups is 2. The van der Waals surface area contributed by atoms with Crippen LogP contribution < -0.4 is 5.32 Å². The van der Waals surface area contributed by atoms with E-state index in [1.54, 1.807) is 13.0 Å². The third kappa shape index (κ3) is 3.31. The number of benzene rings is 1. The Hall–Kier alpha value is -2.37. The zero-order valence-corrected chi connectivity index (χ0v) is 10.4. The molecule has 2 rings (SSSR count). The second-order valence-corrected chi connectivity index (χ2v) is 4.37. The van der Waals surface area contributed by atoms with Gasteiger partial charge in [-0.2, -0.15) is 0 Å². The third-order valence-electron chi connectivity index (χ3n) is 2.67. The maximum Gasteiger partial charge on any atom is 0.305 e. The lowest BCUT2D eigenvalue weighted by Crippen LogP contribution is -2.35. The van der Waals surface area contributed by atoms with Crippen LogP contribution in [0.4, 0.5) is 0 Å². The number of carbonyl (C=O) groups excluding carboxylic acids is 1. The molecule has 1 atom stereocenters. The van der Waals surface area contributed by atoms with E-state index in [1.807, 2.05) is 18.2 Å². The summed E-state index contributed by atoms with van der Waals surface area (Å²) in [6.07, 6.45) is -0.0354. The second-order valence-electron chi connectivity index (χ2n) is 4.37. The summed E-state index contributed by atoms with van der Waals surface area (Å²) in [6.45, 7) is 1.65. The first-order chi connectivity index (χ1) is 9.06. The van der Waals surface area contributed by atoms with Crippen LogP contribution in [0.1, 0.15) is 19.0 Å². The highest BCUT2D eigenvalue weighted by molar-refractivity contribution is 5.86. The number of amides is 1. The Morgan fingerprint density at radius 1 is 1.42 bits per heavy atom. The number of aromatic nitrogens is 1. The molecule has 0 bridgehead atoms. The van der Waals surface area contributed by atoms with Crippen molar-refractivity contribution in [2.45, 2.75) is 25.8 Å². The van der Waals surface area contributed by atoms with E-state index in [9.17, 15) is 9.59 Å². The summed E-state index contributed by atoms with van der Waals surface area (Å²) in [5.74, 6) is -1.22. The van der Waals surface area contributed by atoms with Gasteiger partial charge in [-0.1, -0.05) is 17.3 Å². The van der Waals surface area contributed by atoms with Crippen molar-refractivity contribution in [1.82, 2.24) is 10.5 Å². The molecule has 0 spiro atoms. The largest absolute Gasteiger partial charge is 0.481 e. The van der Waals surface area contributed by atoms with Crippen molar-refractivity contribution in [3.63, 3.8) is 0 Å². The summed E-state index contributed by atoms with van der Waals surface area (Å²) in [4.78, 5) is 22.3. The van der Waals surface area contributed by atoms with Crippen LogP contribution in [0.15, 0.2) is 28.8 Å². The van der Waals surface area contributed by atoms with Crippen molar-refractivity contribution in [2.24, 2.45) is 0 Å². The SMILES string of the molecule is CC(CC(=O)O)NC(=O)Cc1noc2ccccc12. The number of nitrogens with zero attached hydrogens (tertiary/aromatic N) is 1. The second kappa shape index (κ2) is 5.51. The Bertz CT molecular complexity index is 605. The van der Waals surface area contributed by atoms with Gasteiger partial charge in [0.2, 0.25) is 5.91 Å². The molecule has 0 fully saturated rings. The number of nitrogens with one attached hydrogen (secondary N) is 1. The summed E-state index contributed by atoms with van der Waals surface area (Å²) in [6, 6.07) is 6.86. The van der Waals surface area contributed by atoms with Crippen molar-refractivity contribution >= 4 is 22.8 Å². The molecule has 0 radical (unpaired) electrons. The number of hydrogen-bond donors (Lipinski definition) is 2. The monoisotopic (exact) mass is 262 g/mol. The van der Waals surface area contributed by atoms with E-state index in [4.69, 9.17) is 9.63 Å². The van der Waals surface area contributed by atoms with Gasteiger partial charge in [0.15, 0.2) is 5.58 Å². The van der Waals surface area contributed by atoms with Gasteiger partial charge in [-0.25, -0.2) is 0 Å². The van der Waals surface area contributed by atoms with E-state index in [2.05, 4.69) is 10.5 Å². The van der Waals surface area contributed by atoms with Crippen LogP contribution in [0.3, 0.4) is 0 Å². The molecule has 100 valence electrons. The normalized spacial score (nSPS) is 12.3. The Morgan fingerprint density at radius 3 is 2.89 bits per heavy atom. The number of aliphatic carboxylic acids is 1. The molecule has 19 heavy (non-hydrogen) atoms. The topological polar surface area (TPSA) is 92.4 Å². The maximum absolute atomic E-state index is 11.8. The lowest BCUT2D eigenvalue weighted by molar-refractivity contribution is -0.137. The zero-order valence-electron chi connectivity index (χ0n) is 10.4. The number of rotatable bonds is 5. The minimum absolute atomic E-state index is 0.0704. The average molecular weight is 262 g/mol. The van der Waals surface area contributed by atoms with Crippen molar-refractivity contribution in [2.75, 3.05) is 0 Å². The fourth-order valence-corrected chi connectivity index (χ4v) is 1.86. The molecule has 1 amide bonds. The summed E-state index contributed by atoms with van der Waals surface area (Å²) in [5, 5.41) is 15.9. The number of fused-ring (bicyclic) bond motifs is 1. The number of hydrogen-bond acceptors (Lipinski definition) is 4. The van der Waals surface area contributed by atoms with Gasteiger partial charge in [0, 0.05) is 11.4 Å². The first-order valence-electron chi connectivity index (χ1n) is 5.90. The third-order valence-corrected chi connectivity index (χ3v) is 2.67. The van der Waals surface area contributed by atoms with Gasteiger partial charge < -0.3 is 14.9 Å². The lowest BCUT2D eigenvalue weighted by atomic mass is 10.1. The molecule has 6 nitrogen and oxygen atoms in total. The van der Waals surface area contributed by atoms with Gasteiger partial charge in [0.05, 0.1) is 12.8 Å². The van der Waals surface area contributed by atoms with Crippen molar-refractivity contribution in [1.29, 1.82) is 0 Å². The molecule has 0 aliphatic heterocycles. The Labute approximate surface area is 109 Å². The van der Waals surface area contributed by atoms with Crippen molar-refractivity contribution in [3.8, 4) is 0 Å². The van der Waals surface area contributed by atoms with E-state index < -0.39 is 12.0 Å². The van der Waals surface area contributed by atoms with Crippen molar-refractivity contribution < 1.29 is 19.2 Å². The molecule has 1 aromatic heterocycles. The number of carboxylic acids is 1. The molecule has 2 aromatic rings. The molecule has 0 aliphatic rings. The molecule has 6 heteroatoms. The lowest BCUT2D eigenvalue weighted by Gasteiger charge is -2.10. The summed E-state index contributed by atoms with van der Waals surface area (Å²) >= 11 is 0. The van der Waals surface area contributed by atoms with E-state index in [-0.39, 0.29) is 18.7 Å². The summed E-state index contributed by atoms with van der Waals surface area (Å²) in [7, 11) is 0. The average Bonchev–Trinajstić information content (AvgIpc) is 2.71. The standard InChI is InChI=1S/C13H14N2O4/c1-8(6-13(17)18)14-12(16)7-10-9-4-2-3-5-11(9)19-15-10/h2-5,8H,6-7H2,1H3,(H,14,16)(H,17,18). The summed E-state index contributed by atoms with van der Waals surface area (Å²) in [5.41, 5.74) is 1.18. The van der Waals surface area contributed by atoms with E-state index in [1.165, 1.54) is 0 Å². The molecule has 0 aliphatic carbocycles. The maximum atomic E-state index is 11.8. The van der Waals surface area contributed by atoms with Gasteiger partial charge in [-0.3, -0.25) is 9.59 Å². The van der Waals surface area contributed by atoms with Gasteiger partial charge in [-0.15, -0.1) is 0 Å². The summed E-state index contributed by atoms with van der Waals surface area (Å²) < 4.78 is 5.10. The first-order valence-corrected chi connectivity index (χ1v) is 5.90. The number of carboxylic acid groups (broad SMARTS) is 1. The first kappa shape index (κ1) is 13.1. The van der Waals surface area contributed by atoms with Gasteiger partial charge in [0.1, 0.15) is 5.69 Å². The van der Waals surface area contributed by atoms with Gasteiger partial charge in [-0.05, 0) is 19.1 Å². The quantitative estimate of drug-likeness (QED) is 0.848. The predicted octanol–water partition coefficient (Wildman–Crippen LogP) is 1.35. The fourth-order valence-electron chi connectivity index (χ4n) is 1.86. The van der Waals surface area contributed by atoms with Crippen LogP contribution in [-0.2, 0) is 16.0 Å². The molecule has 1 heterocycles. The van der Waals surface area contributed by atoms with E-state index >= 15 is 0 Å². The zero-order chi connectivity index (χ0) is 13.8. The molecule has 0 saturated heterocycles. The molecular formula is C13H14N2O4. The van der Waals surface area contributed by atoms with Crippen LogP contribution in [0.25, 0.3) is 11.0 Å². The van der Waals surface area contributed by atoms with Crippen LogP contribution in [0, 0.1) is 0 Å². The minimum Gasteiger partial charge on any atom is -0.481 e. The number of para-hydroxylation sites is 1. The Morgan fingerprint density at radius 2 is 2.16 bits per heavy atom. The van der Waals surface area contributed by atoms with Crippen LogP contribution >= 0.6 is 0 Å². The van der Waals surface area contributed by atoms with Crippen molar-refractivity contribution in [3.05, 3.63) is 30.0 Å².